The normalized spacial score (nSPS) is 10.4. The molecule has 2 heterocycles. The van der Waals surface area contributed by atoms with Gasteiger partial charge in [0.15, 0.2) is 0 Å². The number of urea groups is 1. The summed E-state index contributed by atoms with van der Waals surface area (Å²) in [5, 5.41) is 5.23. The molecule has 0 aliphatic carbocycles. The molecule has 25 heavy (non-hydrogen) atoms. The Morgan fingerprint density at radius 2 is 1.92 bits per heavy atom. The third-order valence-corrected chi connectivity index (χ3v) is 3.75. The highest BCUT2D eigenvalue weighted by atomic mass is 16.3. The summed E-state index contributed by atoms with van der Waals surface area (Å²) in [5.41, 5.74) is 2.16. The molecule has 0 saturated carbocycles. The molecule has 2 N–H and O–H groups in total. The Labute approximate surface area is 145 Å². The molecule has 0 spiro atoms. The molecule has 6 heteroatoms. The summed E-state index contributed by atoms with van der Waals surface area (Å²) >= 11 is 0. The van der Waals surface area contributed by atoms with E-state index in [0.29, 0.717) is 12.3 Å². The number of nitrogens with zero attached hydrogens (tertiary/aromatic N) is 1. The minimum absolute atomic E-state index is 0.228. The van der Waals surface area contributed by atoms with Crippen LogP contribution in [0.25, 0.3) is 0 Å². The smallest absolute Gasteiger partial charge is 0.319 e. The molecule has 0 bridgehead atoms. The van der Waals surface area contributed by atoms with E-state index in [1.165, 1.54) is 11.8 Å². The summed E-state index contributed by atoms with van der Waals surface area (Å²) in [6.07, 6.45) is 3.24. The Hall–Kier alpha value is -3.28. The molecule has 128 valence electrons. The second-order valence-electron chi connectivity index (χ2n) is 5.73. The molecule has 2 amide bonds. The van der Waals surface area contributed by atoms with Crippen molar-refractivity contribution in [2.24, 2.45) is 0 Å². The Morgan fingerprint density at radius 3 is 2.64 bits per heavy atom. The largest absolute Gasteiger partial charge is 0.467 e. The van der Waals surface area contributed by atoms with Crippen molar-refractivity contribution in [3.05, 3.63) is 88.2 Å². The van der Waals surface area contributed by atoms with Gasteiger partial charge in [-0.1, -0.05) is 29.8 Å². The first kappa shape index (κ1) is 16.6. The van der Waals surface area contributed by atoms with Crippen LogP contribution in [0.1, 0.15) is 16.9 Å². The number of rotatable bonds is 5. The molecular weight excluding hydrogens is 318 g/mol. The minimum atomic E-state index is -0.457. The highest BCUT2D eigenvalue weighted by Gasteiger charge is 2.08. The lowest BCUT2D eigenvalue weighted by Gasteiger charge is -2.10. The van der Waals surface area contributed by atoms with Crippen LogP contribution < -0.4 is 16.2 Å². The van der Waals surface area contributed by atoms with E-state index in [1.807, 2.05) is 31.2 Å². The van der Waals surface area contributed by atoms with Gasteiger partial charge in [0.05, 0.1) is 19.4 Å². The summed E-state index contributed by atoms with van der Waals surface area (Å²) < 4.78 is 6.71. The quantitative estimate of drug-likeness (QED) is 0.751. The van der Waals surface area contributed by atoms with Crippen molar-refractivity contribution >= 4 is 11.7 Å². The monoisotopic (exact) mass is 337 g/mol. The summed E-state index contributed by atoms with van der Waals surface area (Å²) in [5.74, 6) is 0.639. The summed E-state index contributed by atoms with van der Waals surface area (Å²) in [6, 6.07) is 14.3. The average molecular weight is 337 g/mol. The van der Waals surface area contributed by atoms with Gasteiger partial charge < -0.3 is 19.6 Å². The predicted molar refractivity (Wildman–Crippen MR) is 95.5 cm³/mol. The van der Waals surface area contributed by atoms with Crippen LogP contribution in [0, 0.1) is 6.92 Å². The van der Waals surface area contributed by atoms with Gasteiger partial charge in [0, 0.05) is 6.20 Å². The molecule has 3 rings (SSSR count). The van der Waals surface area contributed by atoms with Crippen LogP contribution in [0.4, 0.5) is 10.5 Å². The fraction of sp³-hybridized carbons (Fsp3) is 0.158. The molecule has 3 aromatic rings. The molecule has 0 aliphatic rings. The fourth-order valence-corrected chi connectivity index (χ4v) is 2.39. The molecule has 1 aromatic carbocycles. The molecule has 6 nitrogen and oxygen atoms in total. The average Bonchev–Trinajstić information content (AvgIpc) is 3.12. The van der Waals surface area contributed by atoms with Crippen molar-refractivity contribution in [1.82, 2.24) is 9.88 Å². The number of carbonyl (C=O) groups is 1. The van der Waals surface area contributed by atoms with E-state index in [1.54, 1.807) is 35.0 Å². The highest BCUT2D eigenvalue weighted by molar-refractivity contribution is 5.88. The summed E-state index contributed by atoms with van der Waals surface area (Å²) in [6.45, 7) is 2.72. The van der Waals surface area contributed by atoms with Crippen LogP contribution in [0.3, 0.4) is 0 Å². The summed E-state index contributed by atoms with van der Waals surface area (Å²) in [7, 11) is 0. The number of furan rings is 1. The van der Waals surface area contributed by atoms with E-state index in [2.05, 4.69) is 10.6 Å². The Balaban J connectivity index is 1.67. The number of pyridine rings is 1. The lowest BCUT2D eigenvalue weighted by Crippen LogP contribution is -2.32. The number of aromatic nitrogens is 1. The van der Waals surface area contributed by atoms with E-state index in [9.17, 15) is 9.59 Å². The zero-order valence-corrected chi connectivity index (χ0v) is 13.9. The second kappa shape index (κ2) is 7.53. The number of amides is 2. The first-order valence-corrected chi connectivity index (χ1v) is 7.94. The zero-order chi connectivity index (χ0) is 17.6. The highest BCUT2D eigenvalue weighted by Crippen LogP contribution is 2.06. The number of hydrogen-bond donors (Lipinski definition) is 2. The first-order chi connectivity index (χ1) is 12.1. The van der Waals surface area contributed by atoms with Gasteiger partial charge in [-0.3, -0.25) is 4.79 Å². The van der Waals surface area contributed by atoms with Crippen LogP contribution >= 0.6 is 0 Å². The van der Waals surface area contributed by atoms with Crippen molar-refractivity contribution in [2.45, 2.75) is 20.0 Å². The van der Waals surface area contributed by atoms with Crippen molar-refractivity contribution in [3.8, 4) is 0 Å². The van der Waals surface area contributed by atoms with Crippen molar-refractivity contribution in [2.75, 3.05) is 5.32 Å². The fourth-order valence-electron chi connectivity index (χ4n) is 2.39. The Bertz CT molecular complexity index is 896. The third kappa shape index (κ3) is 4.38. The lowest BCUT2D eigenvalue weighted by atomic mass is 10.1. The van der Waals surface area contributed by atoms with Gasteiger partial charge in [-0.25, -0.2) is 4.79 Å². The number of carbonyl (C=O) groups excluding carboxylic acids is 1. The third-order valence-electron chi connectivity index (χ3n) is 3.75. The second-order valence-corrected chi connectivity index (χ2v) is 5.73. The van der Waals surface area contributed by atoms with Gasteiger partial charge in [0.2, 0.25) is 0 Å². The van der Waals surface area contributed by atoms with E-state index in [-0.39, 0.29) is 17.8 Å². The van der Waals surface area contributed by atoms with Crippen molar-refractivity contribution in [1.29, 1.82) is 0 Å². The maximum absolute atomic E-state index is 12.5. The molecule has 2 aromatic heterocycles. The number of hydrogen-bond acceptors (Lipinski definition) is 3. The van der Waals surface area contributed by atoms with Gasteiger partial charge in [0.1, 0.15) is 11.4 Å². The SMILES string of the molecule is Cc1ccc(Cn2cccc(NC(=O)NCc3ccco3)c2=O)cc1. The first-order valence-electron chi connectivity index (χ1n) is 7.94. The zero-order valence-electron chi connectivity index (χ0n) is 13.9. The Kier molecular flexibility index (Phi) is 4.99. The van der Waals surface area contributed by atoms with E-state index in [4.69, 9.17) is 4.42 Å². The molecular formula is C19H19N3O3. The molecule has 0 radical (unpaired) electrons. The molecule has 0 fully saturated rings. The lowest BCUT2D eigenvalue weighted by molar-refractivity contribution is 0.251. The van der Waals surface area contributed by atoms with Crippen molar-refractivity contribution < 1.29 is 9.21 Å². The molecule has 0 atom stereocenters. The van der Waals surface area contributed by atoms with Crippen LogP contribution in [0.5, 0.6) is 0 Å². The molecule has 0 saturated heterocycles. The van der Waals surface area contributed by atoms with Gasteiger partial charge >= 0.3 is 6.03 Å². The van der Waals surface area contributed by atoms with Gasteiger partial charge in [-0.15, -0.1) is 0 Å². The Morgan fingerprint density at radius 1 is 1.12 bits per heavy atom. The standard InChI is InChI=1S/C19H19N3O3/c1-14-6-8-15(9-7-14)13-22-10-2-5-17(18(22)23)21-19(24)20-12-16-4-3-11-25-16/h2-11H,12-13H2,1H3,(H2,20,21,24). The molecule has 0 aliphatic heterocycles. The molecule has 0 unspecified atom stereocenters. The number of nitrogens with one attached hydrogen (secondary N) is 2. The van der Waals surface area contributed by atoms with E-state index < -0.39 is 6.03 Å². The van der Waals surface area contributed by atoms with Gasteiger partial charge in [-0.2, -0.15) is 0 Å². The summed E-state index contributed by atoms with van der Waals surface area (Å²) in [4.78, 5) is 24.5. The maximum atomic E-state index is 12.5. The van der Waals surface area contributed by atoms with E-state index >= 15 is 0 Å². The van der Waals surface area contributed by atoms with Crippen LogP contribution in [0.2, 0.25) is 0 Å². The van der Waals surface area contributed by atoms with Crippen molar-refractivity contribution in [3.63, 3.8) is 0 Å². The van der Waals surface area contributed by atoms with Gasteiger partial charge in [-0.05, 0) is 36.8 Å². The number of anilines is 1. The van der Waals surface area contributed by atoms with Crippen LogP contribution in [-0.2, 0) is 13.1 Å². The topological polar surface area (TPSA) is 76.3 Å². The number of benzene rings is 1. The van der Waals surface area contributed by atoms with Gasteiger partial charge in [0.25, 0.3) is 5.56 Å². The minimum Gasteiger partial charge on any atom is -0.467 e. The van der Waals surface area contributed by atoms with Crippen LogP contribution in [-0.4, -0.2) is 10.6 Å². The van der Waals surface area contributed by atoms with Crippen LogP contribution in [0.15, 0.2) is 70.2 Å². The maximum Gasteiger partial charge on any atom is 0.319 e. The predicted octanol–water partition coefficient (Wildman–Crippen LogP) is 3.12. The van der Waals surface area contributed by atoms with E-state index in [0.717, 1.165) is 5.56 Å². The number of aryl methyl sites for hydroxylation is 1.